The highest BCUT2D eigenvalue weighted by Crippen LogP contribution is 2.74. The van der Waals surface area contributed by atoms with E-state index >= 15 is 0 Å². The number of allylic oxidation sites excluding steroid dienone is 1. The highest BCUT2D eigenvalue weighted by atomic mass is 16.5. The number of carboxylic acids is 1. The molecule has 5 aliphatic rings. The zero-order valence-corrected chi connectivity index (χ0v) is 33.8. The van der Waals surface area contributed by atoms with Crippen LogP contribution in [0.5, 0.6) is 0 Å². The van der Waals surface area contributed by atoms with Crippen LogP contribution in [0.1, 0.15) is 146 Å². The van der Waals surface area contributed by atoms with Gasteiger partial charge in [0.05, 0.1) is 17.9 Å². The number of carboxylic acid groups (broad SMARTS) is 1. The van der Waals surface area contributed by atoms with Gasteiger partial charge in [0.1, 0.15) is 6.10 Å². The summed E-state index contributed by atoms with van der Waals surface area (Å²) in [6.45, 7) is 21.1. The van der Waals surface area contributed by atoms with Gasteiger partial charge in [0.25, 0.3) is 0 Å². The number of aliphatic hydroxyl groups is 1. The lowest BCUT2D eigenvalue weighted by Gasteiger charge is -2.69. The third-order valence-electron chi connectivity index (χ3n) is 15.7. The zero-order valence-electron chi connectivity index (χ0n) is 33.8. The number of esters is 1. The molecule has 1 amide bonds. The lowest BCUT2D eigenvalue weighted by atomic mass is 9.36. The number of amides is 1. The molecule has 0 spiro atoms. The molecule has 5 rings (SSSR count). The number of carbonyl (C=O) groups is 4. The molecule has 0 aromatic rings. The Bertz CT molecular complexity index is 1430. The predicted molar refractivity (Wildman–Crippen MR) is 202 cm³/mol. The average molecular weight is 727 g/mol. The number of ketones is 1. The van der Waals surface area contributed by atoms with Crippen molar-refractivity contribution < 1.29 is 34.1 Å². The molecule has 0 aromatic heterocycles. The van der Waals surface area contributed by atoms with Crippen molar-refractivity contribution in [2.75, 3.05) is 19.6 Å². The van der Waals surface area contributed by atoms with Crippen LogP contribution in [0.25, 0.3) is 0 Å². The summed E-state index contributed by atoms with van der Waals surface area (Å²) in [6, 6.07) is 0. The van der Waals surface area contributed by atoms with Crippen LogP contribution in [0.4, 0.5) is 0 Å². The summed E-state index contributed by atoms with van der Waals surface area (Å²) in [6.07, 6.45) is 9.77. The van der Waals surface area contributed by atoms with Gasteiger partial charge in [-0.25, -0.2) is 0 Å². The van der Waals surface area contributed by atoms with Crippen molar-refractivity contribution in [3.63, 3.8) is 0 Å². The Kier molecular flexibility index (Phi) is 11.6. The summed E-state index contributed by atoms with van der Waals surface area (Å²) in [4.78, 5) is 52.8. The largest absolute Gasteiger partial charge is 0.481 e. The maximum atomic E-state index is 14.0. The number of β-amino-alcohol motifs (C(OH)–C–C–N with tert-alkyl or cyclic N) is 1. The van der Waals surface area contributed by atoms with Crippen LogP contribution < -0.4 is 5.73 Å². The number of likely N-dealkylation sites (tertiary alicyclic amines) is 1. The standard InChI is InChI=1S/C43H70N2O7/c1-26(2)31(52-34(48)24-39(5,6)38(50)51)13-18-40(7)16-10-17-42(9)32(40)12-11-29-36-35(27(3)4)30(46)23-43(36,20-19-41(29,42)8)33(47)25-45-21-14-28(15-22-45)37(44)49/h26-29,31-33,47H,10-25H2,1-9H3,(H2,44,49)(H,50,51). The number of ether oxygens (including phenoxy) is 1. The van der Waals surface area contributed by atoms with Crippen LogP contribution in [0.15, 0.2) is 11.1 Å². The van der Waals surface area contributed by atoms with Crippen molar-refractivity contribution >= 4 is 23.6 Å². The Hall–Kier alpha value is -2.26. The number of carbonyl (C=O) groups excluding carboxylic acids is 3. The molecule has 1 saturated heterocycles. The van der Waals surface area contributed by atoms with E-state index < -0.39 is 28.9 Å². The van der Waals surface area contributed by atoms with Gasteiger partial charge < -0.3 is 25.6 Å². The number of Topliss-reactive ketones (excluding diaryl/α,β-unsaturated/α-hetero) is 1. The molecule has 8 atom stereocenters. The predicted octanol–water partition coefficient (Wildman–Crippen LogP) is 7.33. The summed E-state index contributed by atoms with van der Waals surface area (Å²) in [5, 5.41) is 21.8. The minimum Gasteiger partial charge on any atom is -0.481 e. The van der Waals surface area contributed by atoms with Crippen LogP contribution in [0.2, 0.25) is 0 Å². The minimum atomic E-state index is -1.17. The van der Waals surface area contributed by atoms with Crippen LogP contribution >= 0.6 is 0 Å². The second-order valence-corrected chi connectivity index (χ2v) is 19.9. The minimum absolute atomic E-state index is 0.0208. The summed E-state index contributed by atoms with van der Waals surface area (Å²) in [5.41, 5.74) is 6.25. The van der Waals surface area contributed by atoms with Gasteiger partial charge in [-0.1, -0.05) is 60.5 Å². The highest BCUT2D eigenvalue weighted by Gasteiger charge is 2.67. The van der Waals surface area contributed by atoms with E-state index in [2.05, 4.69) is 53.4 Å². The molecular formula is C43H70N2O7. The SMILES string of the molecule is CC(C)C1=C2C3CCC4C(C)(CCC(OC(=O)CC(C)(C)C(=O)O)C(C)C)CCCC4(C)C3(C)CCC2(C(O)CN2CCC(C(N)=O)CC2)CC1=O. The molecule has 4 fully saturated rings. The molecule has 52 heavy (non-hydrogen) atoms. The fraction of sp³-hybridized carbons (Fsp3) is 0.860. The Morgan fingerprint density at radius 1 is 0.962 bits per heavy atom. The molecule has 4 aliphatic carbocycles. The Balaban J connectivity index is 1.38. The number of fused-ring (bicyclic) bond motifs is 5. The lowest BCUT2D eigenvalue weighted by Crippen LogP contribution is -2.62. The fourth-order valence-electron chi connectivity index (χ4n) is 12.3. The molecule has 1 heterocycles. The van der Waals surface area contributed by atoms with E-state index in [0.717, 1.165) is 89.3 Å². The molecule has 0 aromatic carbocycles. The normalized spacial score (nSPS) is 35.6. The summed E-state index contributed by atoms with van der Waals surface area (Å²) < 4.78 is 6.01. The van der Waals surface area contributed by atoms with Crippen LogP contribution in [0.3, 0.4) is 0 Å². The van der Waals surface area contributed by atoms with Crippen molar-refractivity contribution in [1.29, 1.82) is 0 Å². The average Bonchev–Trinajstić information content (AvgIpc) is 3.36. The number of rotatable bonds is 13. The molecular weight excluding hydrogens is 656 g/mol. The van der Waals surface area contributed by atoms with Gasteiger partial charge in [-0.05, 0) is 137 Å². The van der Waals surface area contributed by atoms with Crippen molar-refractivity contribution in [3.05, 3.63) is 11.1 Å². The topological polar surface area (TPSA) is 147 Å². The van der Waals surface area contributed by atoms with E-state index in [4.69, 9.17) is 10.5 Å². The first-order valence-corrected chi connectivity index (χ1v) is 20.5. The van der Waals surface area contributed by atoms with E-state index in [-0.39, 0.29) is 64.1 Å². The molecule has 1 aliphatic heterocycles. The smallest absolute Gasteiger partial charge is 0.309 e. The second kappa shape index (κ2) is 14.8. The van der Waals surface area contributed by atoms with Crippen LogP contribution in [-0.4, -0.2) is 70.6 Å². The van der Waals surface area contributed by atoms with E-state index in [1.807, 2.05) is 0 Å². The summed E-state index contributed by atoms with van der Waals surface area (Å²) >= 11 is 0. The number of nitrogens with zero attached hydrogens (tertiary/aromatic N) is 1. The van der Waals surface area contributed by atoms with Gasteiger partial charge in [0.15, 0.2) is 5.78 Å². The van der Waals surface area contributed by atoms with Crippen molar-refractivity contribution in [2.45, 2.75) is 158 Å². The quantitative estimate of drug-likeness (QED) is 0.167. The first-order valence-electron chi connectivity index (χ1n) is 20.5. The zero-order chi connectivity index (χ0) is 38.6. The Morgan fingerprint density at radius 3 is 2.19 bits per heavy atom. The molecule has 9 heteroatoms. The molecule has 9 nitrogen and oxygen atoms in total. The van der Waals surface area contributed by atoms with Crippen LogP contribution in [-0.2, 0) is 23.9 Å². The first kappa shape index (κ1) is 40.9. The number of aliphatic carboxylic acids is 1. The highest BCUT2D eigenvalue weighted by molar-refractivity contribution is 6.00. The van der Waals surface area contributed by atoms with E-state index in [1.165, 1.54) is 5.57 Å². The monoisotopic (exact) mass is 727 g/mol. The van der Waals surface area contributed by atoms with Gasteiger partial charge in [-0.2, -0.15) is 0 Å². The number of hydrogen-bond donors (Lipinski definition) is 3. The third kappa shape index (κ3) is 7.15. The molecule has 0 bridgehead atoms. The Morgan fingerprint density at radius 2 is 1.62 bits per heavy atom. The van der Waals surface area contributed by atoms with Gasteiger partial charge >= 0.3 is 11.9 Å². The van der Waals surface area contributed by atoms with Gasteiger partial charge in [0.2, 0.25) is 5.91 Å². The third-order valence-corrected chi connectivity index (χ3v) is 15.7. The maximum Gasteiger partial charge on any atom is 0.309 e. The molecule has 294 valence electrons. The number of primary amides is 1. The molecule has 8 unspecified atom stereocenters. The second-order valence-electron chi connectivity index (χ2n) is 19.9. The summed E-state index contributed by atoms with van der Waals surface area (Å²) in [5.74, 6) is -0.609. The summed E-state index contributed by atoms with van der Waals surface area (Å²) in [7, 11) is 0. The molecule has 0 radical (unpaired) electrons. The lowest BCUT2D eigenvalue weighted by molar-refractivity contribution is -0.178. The van der Waals surface area contributed by atoms with Crippen molar-refractivity contribution in [2.24, 2.45) is 62.4 Å². The number of piperidine rings is 1. The Labute approximate surface area is 313 Å². The van der Waals surface area contributed by atoms with E-state index in [1.54, 1.807) is 13.8 Å². The van der Waals surface area contributed by atoms with Crippen molar-refractivity contribution in [1.82, 2.24) is 4.90 Å². The van der Waals surface area contributed by atoms with E-state index in [9.17, 15) is 29.4 Å². The van der Waals surface area contributed by atoms with Gasteiger partial charge in [-0.3, -0.25) is 19.2 Å². The molecule has 4 N–H and O–H groups in total. The van der Waals surface area contributed by atoms with Crippen molar-refractivity contribution in [3.8, 4) is 0 Å². The number of aliphatic hydroxyl groups excluding tert-OH is 1. The van der Waals surface area contributed by atoms with E-state index in [0.29, 0.717) is 18.9 Å². The molecule has 3 saturated carbocycles. The fourth-order valence-corrected chi connectivity index (χ4v) is 12.3. The first-order chi connectivity index (χ1) is 24.1. The maximum absolute atomic E-state index is 14.0. The van der Waals surface area contributed by atoms with Gasteiger partial charge in [-0.15, -0.1) is 0 Å². The van der Waals surface area contributed by atoms with Crippen LogP contribution in [0, 0.1) is 56.7 Å². The number of nitrogens with two attached hydrogens (primary N) is 1. The van der Waals surface area contributed by atoms with Gasteiger partial charge in [0, 0.05) is 24.3 Å². The number of hydrogen-bond acceptors (Lipinski definition) is 7.